The van der Waals surface area contributed by atoms with Crippen molar-refractivity contribution in [2.45, 2.75) is 33.1 Å². The van der Waals surface area contributed by atoms with Gasteiger partial charge in [-0.3, -0.25) is 4.98 Å². The molecule has 196 valence electrons. The van der Waals surface area contributed by atoms with Crippen LogP contribution in [-0.4, -0.2) is 4.98 Å². The lowest BCUT2D eigenvalue weighted by molar-refractivity contribution is 0.661. The predicted molar refractivity (Wildman–Crippen MR) is 175 cm³/mol. The van der Waals surface area contributed by atoms with Gasteiger partial charge in [0.2, 0.25) is 0 Å². The number of benzene rings is 6. The lowest BCUT2D eigenvalue weighted by Gasteiger charge is -2.22. The summed E-state index contributed by atoms with van der Waals surface area (Å²) in [5, 5.41) is 7.72. The molecule has 0 spiro atoms. The fourth-order valence-electron chi connectivity index (χ4n) is 7.32. The molecule has 0 bridgehead atoms. The van der Waals surface area contributed by atoms with Crippen molar-refractivity contribution in [3.05, 3.63) is 138 Å². The van der Waals surface area contributed by atoms with Crippen LogP contribution in [0.2, 0.25) is 0 Å². The topological polar surface area (TPSA) is 12.9 Å². The van der Waals surface area contributed by atoms with Crippen molar-refractivity contribution in [3.63, 3.8) is 0 Å². The van der Waals surface area contributed by atoms with E-state index < -0.39 is 0 Å². The summed E-state index contributed by atoms with van der Waals surface area (Å²) in [6, 6.07) is 43.0. The molecule has 41 heavy (non-hydrogen) atoms. The van der Waals surface area contributed by atoms with Crippen LogP contribution in [0.1, 0.15) is 36.4 Å². The van der Waals surface area contributed by atoms with Crippen molar-refractivity contribution in [1.82, 2.24) is 4.98 Å². The fraction of sp³-hybridized carbons (Fsp3) is 0.125. The summed E-state index contributed by atoms with van der Waals surface area (Å²) in [4.78, 5) is 4.67. The van der Waals surface area contributed by atoms with Gasteiger partial charge >= 0.3 is 0 Å². The van der Waals surface area contributed by atoms with Crippen LogP contribution in [0.15, 0.2) is 115 Å². The van der Waals surface area contributed by atoms with Crippen molar-refractivity contribution in [2.24, 2.45) is 0 Å². The van der Waals surface area contributed by atoms with Crippen molar-refractivity contribution in [3.8, 4) is 33.4 Å². The first-order valence-electron chi connectivity index (χ1n) is 14.5. The van der Waals surface area contributed by atoms with Crippen LogP contribution in [0.4, 0.5) is 0 Å². The third-order valence-corrected chi connectivity index (χ3v) is 9.13. The van der Waals surface area contributed by atoms with Crippen molar-refractivity contribution in [2.75, 3.05) is 0 Å². The van der Waals surface area contributed by atoms with Gasteiger partial charge in [-0.1, -0.05) is 98.8 Å². The first-order valence-corrected chi connectivity index (χ1v) is 14.5. The number of hydrogen-bond acceptors (Lipinski definition) is 1. The summed E-state index contributed by atoms with van der Waals surface area (Å²) in [6.07, 6.45) is 0. The Labute approximate surface area is 241 Å². The zero-order chi connectivity index (χ0) is 27.9. The van der Waals surface area contributed by atoms with Gasteiger partial charge in [-0.15, -0.1) is 0 Å². The molecule has 0 aliphatic heterocycles. The quantitative estimate of drug-likeness (QED) is 0.205. The third kappa shape index (κ3) is 3.52. The Morgan fingerprint density at radius 2 is 0.951 bits per heavy atom. The number of nitrogens with zero attached hydrogens (tertiary/aromatic N) is 1. The lowest BCUT2D eigenvalue weighted by Crippen LogP contribution is -2.14. The average Bonchev–Trinajstić information content (AvgIpc) is 3.19. The van der Waals surface area contributed by atoms with Gasteiger partial charge in [0.05, 0.1) is 0 Å². The largest absolute Gasteiger partial charge is 0.258 e. The van der Waals surface area contributed by atoms with Gasteiger partial charge in [0.15, 0.2) is 0 Å². The predicted octanol–water partition coefficient (Wildman–Crippen LogP) is 10.8. The van der Waals surface area contributed by atoms with Crippen molar-refractivity contribution >= 4 is 32.3 Å². The molecule has 7 aromatic rings. The Bertz CT molecular complexity index is 2120. The van der Waals surface area contributed by atoms with E-state index in [0.29, 0.717) is 0 Å². The van der Waals surface area contributed by atoms with E-state index in [1.165, 1.54) is 76.8 Å². The molecular formula is C40H31N. The van der Waals surface area contributed by atoms with Gasteiger partial charge in [-0.25, -0.2) is 0 Å². The Morgan fingerprint density at radius 3 is 1.54 bits per heavy atom. The summed E-state index contributed by atoms with van der Waals surface area (Å²) in [5.74, 6) is 0. The Hall–Kier alpha value is -4.75. The van der Waals surface area contributed by atoms with Gasteiger partial charge < -0.3 is 0 Å². The highest BCUT2D eigenvalue weighted by molar-refractivity contribution is 6.21. The molecule has 1 aromatic heterocycles. The highest BCUT2D eigenvalue weighted by atomic mass is 14.7. The molecule has 0 radical (unpaired) electrons. The maximum atomic E-state index is 4.67. The van der Waals surface area contributed by atoms with E-state index in [4.69, 9.17) is 0 Å². The maximum absolute atomic E-state index is 4.67. The molecule has 8 rings (SSSR count). The van der Waals surface area contributed by atoms with Crippen LogP contribution in [0.3, 0.4) is 0 Å². The number of fused-ring (bicyclic) bond motifs is 6. The zero-order valence-corrected chi connectivity index (χ0v) is 23.9. The van der Waals surface area contributed by atoms with Crippen LogP contribution in [0.5, 0.6) is 0 Å². The van der Waals surface area contributed by atoms with Crippen molar-refractivity contribution in [1.29, 1.82) is 0 Å². The first kappa shape index (κ1) is 24.1. The normalized spacial score (nSPS) is 13.6. The maximum Gasteiger partial charge on any atom is 0.0382 e. The van der Waals surface area contributed by atoms with Gasteiger partial charge in [-0.2, -0.15) is 0 Å². The van der Waals surface area contributed by atoms with Gasteiger partial charge in [-0.05, 0) is 121 Å². The van der Waals surface area contributed by atoms with E-state index >= 15 is 0 Å². The molecular weight excluding hydrogens is 494 g/mol. The van der Waals surface area contributed by atoms with Gasteiger partial charge in [0, 0.05) is 16.8 Å². The van der Waals surface area contributed by atoms with Crippen molar-refractivity contribution < 1.29 is 0 Å². The van der Waals surface area contributed by atoms with Crippen LogP contribution < -0.4 is 0 Å². The summed E-state index contributed by atoms with van der Waals surface area (Å²) in [5.41, 5.74) is 12.7. The lowest BCUT2D eigenvalue weighted by atomic mass is 9.81. The van der Waals surface area contributed by atoms with Crippen LogP contribution in [0.25, 0.3) is 65.7 Å². The molecule has 0 fully saturated rings. The number of aromatic nitrogens is 1. The molecule has 0 saturated heterocycles. The van der Waals surface area contributed by atoms with E-state index in [1.54, 1.807) is 0 Å². The summed E-state index contributed by atoms with van der Waals surface area (Å²) >= 11 is 0. The number of aryl methyl sites for hydroxylation is 2. The van der Waals surface area contributed by atoms with E-state index in [0.717, 1.165) is 11.4 Å². The van der Waals surface area contributed by atoms with Crippen LogP contribution in [0, 0.1) is 13.8 Å². The smallest absolute Gasteiger partial charge is 0.0382 e. The van der Waals surface area contributed by atoms with E-state index in [1.807, 2.05) is 0 Å². The average molecular weight is 526 g/mol. The minimum absolute atomic E-state index is 0.0434. The standard InChI is InChI=1S/C40H31N/c1-24-19-29(20-25(2)41-24)39-32-15-9-7-13-30(32)38(31-14-8-10-16-33(31)39)28-17-18-36-34(22-28)35-21-26-11-5-6-12-27(26)23-37(35)40(36,3)4/h5-23H,1-4H3. The summed E-state index contributed by atoms with van der Waals surface area (Å²) < 4.78 is 0. The Kier molecular flexibility index (Phi) is 5.06. The van der Waals surface area contributed by atoms with E-state index in [2.05, 4.69) is 148 Å². The van der Waals surface area contributed by atoms with Crippen LogP contribution in [-0.2, 0) is 5.41 Å². The molecule has 0 unspecified atom stereocenters. The molecule has 0 atom stereocenters. The fourth-order valence-corrected chi connectivity index (χ4v) is 7.32. The molecule has 1 heteroatoms. The summed E-state index contributed by atoms with van der Waals surface area (Å²) in [6.45, 7) is 8.90. The molecule has 1 aliphatic rings. The molecule has 0 N–H and O–H groups in total. The summed E-state index contributed by atoms with van der Waals surface area (Å²) in [7, 11) is 0. The molecule has 1 nitrogen and oxygen atoms in total. The first-order chi connectivity index (χ1) is 19.9. The SMILES string of the molecule is Cc1cc(-c2c3ccccc3c(-c3ccc4c(c3)-c3cc5ccccc5cc3C4(C)C)c3ccccc23)cc(C)n1. The second-order valence-corrected chi connectivity index (χ2v) is 12.1. The highest BCUT2D eigenvalue weighted by Gasteiger charge is 2.36. The second-order valence-electron chi connectivity index (χ2n) is 12.1. The minimum Gasteiger partial charge on any atom is -0.258 e. The Balaban J connectivity index is 1.45. The Morgan fingerprint density at radius 1 is 0.463 bits per heavy atom. The van der Waals surface area contributed by atoms with E-state index in [-0.39, 0.29) is 5.41 Å². The molecule has 1 heterocycles. The minimum atomic E-state index is -0.0434. The second kappa shape index (κ2) is 8.62. The molecule has 6 aromatic carbocycles. The van der Waals surface area contributed by atoms with Crippen LogP contribution >= 0.6 is 0 Å². The van der Waals surface area contributed by atoms with Gasteiger partial charge in [0.1, 0.15) is 0 Å². The van der Waals surface area contributed by atoms with E-state index in [9.17, 15) is 0 Å². The number of rotatable bonds is 2. The monoisotopic (exact) mass is 525 g/mol. The number of hydrogen-bond donors (Lipinski definition) is 0. The third-order valence-electron chi connectivity index (χ3n) is 9.13. The number of pyridine rings is 1. The van der Waals surface area contributed by atoms with Gasteiger partial charge in [0.25, 0.3) is 0 Å². The molecule has 0 amide bonds. The zero-order valence-electron chi connectivity index (χ0n) is 23.9. The molecule has 0 saturated carbocycles. The molecule has 1 aliphatic carbocycles. The highest BCUT2D eigenvalue weighted by Crippen LogP contribution is 2.52.